The molecule has 2 N–H and O–H groups in total. The largest absolute Gasteiger partial charge is 0.490 e. The Balaban J connectivity index is 1.56. The van der Waals surface area contributed by atoms with E-state index in [1.165, 1.54) is 11.1 Å². The molecule has 1 aliphatic heterocycles. The second-order valence-electron chi connectivity index (χ2n) is 8.51. The number of nitrogens with two attached hydrogens (primary N) is 1. The summed E-state index contributed by atoms with van der Waals surface area (Å²) in [6.45, 7) is 6.84. The van der Waals surface area contributed by atoms with Gasteiger partial charge in [0.1, 0.15) is 11.8 Å². The summed E-state index contributed by atoms with van der Waals surface area (Å²) in [7, 11) is 0. The van der Waals surface area contributed by atoms with Crippen molar-refractivity contribution >= 4 is 5.91 Å². The van der Waals surface area contributed by atoms with Gasteiger partial charge in [0, 0.05) is 24.2 Å². The lowest BCUT2D eigenvalue weighted by Crippen LogP contribution is -2.43. The number of fused-ring (bicyclic) bond motifs is 1. The van der Waals surface area contributed by atoms with Crippen molar-refractivity contribution in [3.63, 3.8) is 0 Å². The standard InChI is InChI=1S/C25H27N5O3/c1-15(2)32-22-7-6-20(13-21(22)14-26)24-28-23(29-33-24)19-5-4-17-8-10-30(25(31)16(3)27)11-9-18(17)12-19/h4-7,12-13,15-16H,8-11,27H2,1-3H3/t16-/m0/s1. The minimum absolute atomic E-state index is 0.0209. The monoisotopic (exact) mass is 445 g/mol. The maximum Gasteiger partial charge on any atom is 0.258 e. The van der Waals surface area contributed by atoms with Crippen LogP contribution >= 0.6 is 0 Å². The second kappa shape index (κ2) is 9.43. The summed E-state index contributed by atoms with van der Waals surface area (Å²) in [6.07, 6.45) is 1.50. The van der Waals surface area contributed by atoms with Gasteiger partial charge in [0.25, 0.3) is 5.89 Å². The van der Waals surface area contributed by atoms with Crippen molar-refractivity contribution in [1.29, 1.82) is 5.26 Å². The number of ether oxygens (including phenoxy) is 1. The van der Waals surface area contributed by atoms with Gasteiger partial charge in [-0.1, -0.05) is 17.3 Å². The smallest absolute Gasteiger partial charge is 0.258 e. The normalized spacial score (nSPS) is 14.4. The van der Waals surface area contributed by atoms with E-state index in [0.29, 0.717) is 41.7 Å². The van der Waals surface area contributed by atoms with Gasteiger partial charge in [-0.25, -0.2) is 0 Å². The van der Waals surface area contributed by atoms with E-state index in [-0.39, 0.29) is 12.0 Å². The SMILES string of the molecule is CC(C)Oc1ccc(-c2nc(-c3ccc4c(c3)CCN(C(=O)[C@H](C)N)CC4)no2)cc1C#N. The Bertz CT molecular complexity index is 1210. The number of nitriles is 1. The summed E-state index contributed by atoms with van der Waals surface area (Å²) in [4.78, 5) is 18.7. The summed E-state index contributed by atoms with van der Waals surface area (Å²) < 4.78 is 11.2. The van der Waals surface area contributed by atoms with Crippen LogP contribution in [0.5, 0.6) is 5.75 Å². The summed E-state index contributed by atoms with van der Waals surface area (Å²) in [5.41, 5.74) is 10.1. The van der Waals surface area contributed by atoms with Gasteiger partial charge in [0.05, 0.1) is 17.7 Å². The molecule has 4 rings (SSSR count). The zero-order chi connectivity index (χ0) is 23.5. The fourth-order valence-corrected chi connectivity index (χ4v) is 3.94. The van der Waals surface area contributed by atoms with Gasteiger partial charge in [-0.05, 0) is 69.0 Å². The van der Waals surface area contributed by atoms with Crippen LogP contribution in [0.3, 0.4) is 0 Å². The Hall–Kier alpha value is -3.70. The number of aromatic nitrogens is 2. The number of hydrogen-bond acceptors (Lipinski definition) is 7. The Morgan fingerprint density at radius 3 is 2.55 bits per heavy atom. The first kappa shape index (κ1) is 22.5. The van der Waals surface area contributed by atoms with E-state index in [9.17, 15) is 10.1 Å². The molecule has 0 fully saturated rings. The molecule has 170 valence electrons. The lowest BCUT2D eigenvalue weighted by Gasteiger charge is -2.22. The van der Waals surface area contributed by atoms with Crippen LogP contribution in [0, 0.1) is 11.3 Å². The second-order valence-corrected chi connectivity index (χ2v) is 8.51. The van der Waals surface area contributed by atoms with Crippen molar-refractivity contribution in [2.45, 2.75) is 45.8 Å². The van der Waals surface area contributed by atoms with Crippen molar-refractivity contribution in [1.82, 2.24) is 15.0 Å². The first-order chi connectivity index (χ1) is 15.9. The molecule has 0 unspecified atom stereocenters. The van der Waals surface area contributed by atoms with Crippen LogP contribution in [0.1, 0.15) is 37.5 Å². The van der Waals surface area contributed by atoms with Crippen molar-refractivity contribution in [2.24, 2.45) is 5.73 Å². The maximum atomic E-state index is 12.3. The van der Waals surface area contributed by atoms with E-state index in [1.807, 2.05) is 24.8 Å². The first-order valence-electron chi connectivity index (χ1n) is 11.1. The molecule has 8 heteroatoms. The van der Waals surface area contributed by atoms with Crippen molar-refractivity contribution in [2.75, 3.05) is 13.1 Å². The maximum absolute atomic E-state index is 12.3. The minimum atomic E-state index is -0.493. The molecule has 0 radical (unpaired) electrons. The van der Waals surface area contributed by atoms with E-state index < -0.39 is 6.04 Å². The van der Waals surface area contributed by atoms with E-state index in [1.54, 1.807) is 25.1 Å². The number of carbonyl (C=O) groups excluding carboxylic acids is 1. The lowest BCUT2D eigenvalue weighted by molar-refractivity contribution is -0.132. The average molecular weight is 446 g/mol. The third-order valence-electron chi connectivity index (χ3n) is 5.60. The highest BCUT2D eigenvalue weighted by molar-refractivity contribution is 5.81. The highest BCUT2D eigenvalue weighted by atomic mass is 16.5. The molecule has 0 spiro atoms. The van der Waals surface area contributed by atoms with Gasteiger partial charge in [0.15, 0.2) is 0 Å². The van der Waals surface area contributed by atoms with Crippen molar-refractivity contribution in [3.05, 3.63) is 53.1 Å². The third-order valence-corrected chi connectivity index (χ3v) is 5.60. The predicted molar refractivity (Wildman–Crippen MR) is 123 cm³/mol. The van der Waals surface area contributed by atoms with E-state index >= 15 is 0 Å². The highest BCUT2D eigenvalue weighted by Crippen LogP contribution is 2.29. The van der Waals surface area contributed by atoms with Crippen LogP contribution in [0.15, 0.2) is 40.9 Å². The number of benzene rings is 2. The molecule has 33 heavy (non-hydrogen) atoms. The molecular weight excluding hydrogens is 418 g/mol. The summed E-state index contributed by atoms with van der Waals surface area (Å²) in [6, 6.07) is 13.0. The Morgan fingerprint density at radius 1 is 1.12 bits per heavy atom. The van der Waals surface area contributed by atoms with Crippen LogP contribution in [0.4, 0.5) is 0 Å². The molecule has 0 saturated carbocycles. The molecule has 3 aromatic rings. The molecule has 1 atom stereocenters. The van der Waals surface area contributed by atoms with Crippen LogP contribution in [-0.2, 0) is 17.6 Å². The summed E-state index contributed by atoms with van der Waals surface area (Å²) in [5, 5.41) is 13.6. The zero-order valence-corrected chi connectivity index (χ0v) is 19.0. The van der Waals surface area contributed by atoms with Gasteiger partial charge in [-0.15, -0.1) is 0 Å². The van der Waals surface area contributed by atoms with Crippen LogP contribution in [-0.4, -0.2) is 46.2 Å². The highest BCUT2D eigenvalue weighted by Gasteiger charge is 2.22. The average Bonchev–Trinajstić information content (AvgIpc) is 3.19. The number of nitrogens with zero attached hydrogens (tertiary/aromatic N) is 4. The van der Waals surface area contributed by atoms with Crippen LogP contribution in [0.2, 0.25) is 0 Å². The molecule has 2 heterocycles. The van der Waals surface area contributed by atoms with Crippen molar-refractivity contribution < 1.29 is 14.1 Å². The lowest BCUT2D eigenvalue weighted by atomic mass is 10.00. The molecule has 0 bridgehead atoms. The zero-order valence-electron chi connectivity index (χ0n) is 19.0. The van der Waals surface area contributed by atoms with E-state index in [4.69, 9.17) is 15.0 Å². The molecular formula is C25H27N5O3. The quantitative estimate of drug-likeness (QED) is 0.640. The molecule has 8 nitrogen and oxygen atoms in total. The van der Waals surface area contributed by atoms with Gasteiger partial charge in [-0.2, -0.15) is 10.2 Å². The van der Waals surface area contributed by atoms with Crippen molar-refractivity contribution in [3.8, 4) is 34.7 Å². The molecule has 0 saturated heterocycles. The number of amides is 1. The topological polar surface area (TPSA) is 118 Å². The van der Waals surface area contributed by atoms with Crippen LogP contribution in [0.25, 0.3) is 22.8 Å². The summed E-state index contributed by atoms with van der Waals surface area (Å²) >= 11 is 0. The minimum Gasteiger partial charge on any atom is -0.490 e. The van der Waals surface area contributed by atoms with E-state index in [0.717, 1.165) is 18.4 Å². The number of rotatable bonds is 5. The molecule has 1 amide bonds. The fraction of sp³-hybridized carbons (Fsp3) is 0.360. The Kier molecular flexibility index (Phi) is 6.43. The molecule has 1 aliphatic rings. The fourth-order valence-electron chi connectivity index (χ4n) is 3.94. The predicted octanol–water partition coefficient (Wildman–Crippen LogP) is 3.34. The van der Waals surface area contributed by atoms with Crippen LogP contribution < -0.4 is 10.5 Å². The Labute approximate surface area is 193 Å². The van der Waals surface area contributed by atoms with E-state index in [2.05, 4.69) is 28.3 Å². The number of hydrogen-bond donors (Lipinski definition) is 1. The molecule has 1 aromatic heterocycles. The molecule has 0 aliphatic carbocycles. The van der Waals surface area contributed by atoms with Gasteiger partial charge >= 0.3 is 0 Å². The number of carbonyl (C=O) groups is 1. The third kappa shape index (κ3) is 4.89. The summed E-state index contributed by atoms with van der Waals surface area (Å²) in [5.74, 6) is 1.31. The first-order valence-corrected chi connectivity index (χ1v) is 11.1. The van der Waals surface area contributed by atoms with Gasteiger partial charge < -0.3 is 19.9 Å². The Morgan fingerprint density at radius 2 is 1.85 bits per heavy atom. The van der Waals surface area contributed by atoms with Gasteiger partial charge in [-0.3, -0.25) is 4.79 Å². The van der Waals surface area contributed by atoms with Gasteiger partial charge in [0.2, 0.25) is 11.7 Å². The molecule has 2 aromatic carbocycles.